The summed E-state index contributed by atoms with van der Waals surface area (Å²) < 4.78 is 15.5. The average molecular weight is 469 g/mol. The maximum atomic E-state index is 13.1. The van der Waals surface area contributed by atoms with Crippen molar-refractivity contribution >= 4 is 35.2 Å². The first-order valence-corrected chi connectivity index (χ1v) is 9.53. The van der Waals surface area contributed by atoms with Gasteiger partial charge in [-0.05, 0) is 54.5 Å². The number of imide groups is 1. The third-order valence-corrected chi connectivity index (χ3v) is 3.77. The van der Waals surface area contributed by atoms with Crippen LogP contribution in [-0.4, -0.2) is 57.4 Å². The Morgan fingerprint density at radius 2 is 1.52 bits per heavy atom. The van der Waals surface area contributed by atoms with Gasteiger partial charge in [0.2, 0.25) is 0 Å². The summed E-state index contributed by atoms with van der Waals surface area (Å²) in [7, 11) is 1.08. The normalized spacial score (nSPS) is 12.1. The molecule has 0 aliphatic heterocycles. The summed E-state index contributed by atoms with van der Waals surface area (Å²) >= 11 is 0. The molecule has 1 aromatic carbocycles. The Hall–Kier alpha value is -3.90. The standard InChI is InChI=1S/C20H27N3O10/c1-10(21-28)11-9-12(31-8)13(16(24)25)15(14(11)23(29)30)22(17(26)32-19(2,3)4)18(27)33-20(5,6)7/h9,28H,1-8H3,(H,24,25). The van der Waals surface area contributed by atoms with Crippen molar-refractivity contribution in [2.75, 3.05) is 12.0 Å². The van der Waals surface area contributed by atoms with Crippen LogP contribution in [-0.2, 0) is 9.47 Å². The Morgan fingerprint density at radius 1 is 1.06 bits per heavy atom. The minimum Gasteiger partial charge on any atom is -0.496 e. The number of carboxylic acid groups (broad SMARTS) is 1. The van der Waals surface area contributed by atoms with Crippen LogP contribution in [0.2, 0.25) is 0 Å². The number of hydrogen-bond donors (Lipinski definition) is 2. The molecule has 0 heterocycles. The monoisotopic (exact) mass is 469 g/mol. The molecule has 13 nitrogen and oxygen atoms in total. The number of carbonyl (C=O) groups excluding carboxylic acids is 2. The number of rotatable bonds is 5. The first kappa shape index (κ1) is 27.1. The zero-order valence-corrected chi connectivity index (χ0v) is 19.6. The summed E-state index contributed by atoms with van der Waals surface area (Å²) in [6.45, 7) is 10.1. The van der Waals surface area contributed by atoms with Gasteiger partial charge >= 0.3 is 23.8 Å². The lowest BCUT2D eigenvalue weighted by Gasteiger charge is -2.29. The van der Waals surface area contributed by atoms with Gasteiger partial charge in [-0.25, -0.2) is 14.4 Å². The molecule has 0 aromatic heterocycles. The van der Waals surface area contributed by atoms with Crippen molar-refractivity contribution in [1.29, 1.82) is 0 Å². The van der Waals surface area contributed by atoms with Crippen LogP contribution in [0.1, 0.15) is 64.4 Å². The minimum atomic E-state index is -1.74. The zero-order chi connectivity index (χ0) is 25.9. The van der Waals surface area contributed by atoms with Gasteiger partial charge in [-0.3, -0.25) is 10.1 Å². The number of carbonyl (C=O) groups is 3. The van der Waals surface area contributed by atoms with Gasteiger partial charge in [0.25, 0.3) is 0 Å². The Kier molecular flexibility index (Phi) is 7.98. The molecule has 0 unspecified atom stereocenters. The molecule has 0 aliphatic carbocycles. The Morgan fingerprint density at radius 3 is 1.82 bits per heavy atom. The number of benzene rings is 1. The molecule has 1 rings (SSSR count). The van der Waals surface area contributed by atoms with Crippen molar-refractivity contribution in [3.05, 3.63) is 27.3 Å². The van der Waals surface area contributed by atoms with E-state index in [1.165, 1.54) is 48.5 Å². The lowest BCUT2D eigenvalue weighted by Crippen LogP contribution is -2.45. The number of carboxylic acids is 1. The molecule has 0 saturated carbocycles. The van der Waals surface area contributed by atoms with Gasteiger partial charge in [0.1, 0.15) is 22.5 Å². The van der Waals surface area contributed by atoms with Gasteiger partial charge in [-0.1, -0.05) is 5.16 Å². The van der Waals surface area contributed by atoms with Crippen molar-refractivity contribution in [3.63, 3.8) is 0 Å². The molecular formula is C20H27N3O10. The van der Waals surface area contributed by atoms with Crippen LogP contribution in [0, 0.1) is 10.1 Å². The molecule has 0 atom stereocenters. The second-order valence-electron chi connectivity index (χ2n) is 8.74. The summed E-state index contributed by atoms with van der Waals surface area (Å²) in [5.41, 5.74) is -5.92. The lowest BCUT2D eigenvalue weighted by atomic mass is 10.0. The third kappa shape index (κ3) is 6.54. The number of anilines is 1. The van der Waals surface area contributed by atoms with Crippen molar-refractivity contribution in [3.8, 4) is 5.75 Å². The second kappa shape index (κ2) is 9.71. The lowest BCUT2D eigenvalue weighted by molar-refractivity contribution is -0.384. The molecule has 1 aromatic rings. The van der Waals surface area contributed by atoms with E-state index in [1.54, 1.807) is 0 Å². The van der Waals surface area contributed by atoms with Gasteiger partial charge in [-0.15, -0.1) is 0 Å². The van der Waals surface area contributed by atoms with Gasteiger partial charge in [0.15, 0.2) is 5.69 Å². The van der Waals surface area contributed by atoms with Crippen LogP contribution < -0.4 is 9.64 Å². The maximum absolute atomic E-state index is 13.1. The van der Waals surface area contributed by atoms with E-state index >= 15 is 0 Å². The zero-order valence-electron chi connectivity index (χ0n) is 19.6. The van der Waals surface area contributed by atoms with E-state index in [9.17, 15) is 34.8 Å². The molecule has 2 N–H and O–H groups in total. The van der Waals surface area contributed by atoms with E-state index in [0.717, 1.165) is 13.2 Å². The summed E-state index contributed by atoms with van der Waals surface area (Å²) in [5.74, 6) is -2.19. The number of amides is 2. The number of methoxy groups -OCH3 is 1. The van der Waals surface area contributed by atoms with Gasteiger partial charge in [0.05, 0.1) is 23.3 Å². The predicted octanol–water partition coefficient (Wildman–Crippen LogP) is 4.18. The van der Waals surface area contributed by atoms with Gasteiger partial charge in [-0.2, -0.15) is 4.90 Å². The fraction of sp³-hybridized carbons (Fsp3) is 0.500. The third-order valence-electron chi connectivity index (χ3n) is 3.77. The highest BCUT2D eigenvalue weighted by Crippen LogP contribution is 2.42. The number of oxime groups is 1. The second-order valence-corrected chi connectivity index (χ2v) is 8.74. The fourth-order valence-corrected chi connectivity index (χ4v) is 2.61. The van der Waals surface area contributed by atoms with E-state index < -0.39 is 62.5 Å². The van der Waals surface area contributed by atoms with Crippen LogP contribution in [0.25, 0.3) is 0 Å². The molecule has 0 aliphatic rings. The minimum absolute atomic E-state index is 0.120. The molecule has 33 heavy (non-hydrogen) atoms. The smallest absolute Gasteiger partial charge is 0.424 e. The number of nitro benzene ring substituents is 1. The number of ether oxygens (including phenoxy) is 3. The molecule has 13 heteroatoms. The molecule has 182 valence electrons. The number of nitro groups is 1. The highest BCUT2D eigenvalue weighted by atomic mass is 16.6. The molecule has 0 fully saturated rings. The Balaban J connectivity index is 4.23. The quantitative estimate of drug-likeness (QED) is 0.275. The summed E-state index contributed by atoms with van der Waals surface area (Å²) in [6, 6.07) is 0.947. The number of nitrogens with zero attached hydrogens (tertiary/aromatic N) is 3. The summed E-state index contributed by atoms with van der Waals surface area (Å²) in [4.78, 5) is 49.4. The van der Waals surface area contributed by atoms with Crippen molar-refractivity contribution in [2.45, 2.75) is 59.7 Å². The number of aromatic carboxylic acids is 1. The molecular weight excluding hydrogens is 442 g/mol. The van der Waals surface area contributed by atoms with Gasteiger partial charge < -0.3 is 24.5 Å². The van der Waals surface area contributed by atoms with Crippen LogP contribution >= 0.6 is 0 Å². The largest absolute Gasteiger partial charge is 0.496 e. The van der Waals surface area contributed by atoms with Crippen LogP contribution in [0.5, 0.6) is 5.75 Å². The van der Waals surface area contributed by atoms with Crippen LogP contribution in [0.3, 0.4) is 0 Å². The molecule has 0 spiro atoms. The SMILES string of the molecule is COc1cc(C(C)=NO)c([N+](=O)[O-])c(N(C(=O)OC(C)(C)C)C(=O)OC(C)(C)C)c1C(=O)O. The molecule has 0 radical (unpaired) electrons. The fourth-order valence-electron chi connectivity index (χ4n) is 2.61. The van der Waals surface area contributed by atoms with E-state index in [1.807, 2.05) is 0 Å². The Bertz CT molecular complexity index is 975. The average Bonchev–Trinajstić information content (AvgIpc) is 2.62. The topological polar surface area (TPSA) is 178 Å². The highest BCUT2D eigenvalue weighted by molar-refractivity contribution is 6.18. The van der Waals surface area contributed by atoms with Crippen molar-refractivity contribution in [2.24, 2.45) is 5.16 Å². The molecule has 0 bridgehead atoms. The van der Waals surface area contributed by atoms with Crippen molar-refractivity contribution in [1.82, 2.24) is 0 Å². The molecule has 0 saturated heterocycles. The predicted molar refractivity (Wildman–Crippen MR) is 116 cm³/mol. The maximum Gasteiger partial charge on any atom is 0.424 e. The Labute approximate surface area is 189 Å². The first-order chi connectivity index (χ1) is 14.9. The van der Waals surface area contributed by atoms with E-state index in [4.69, 9.17) is 14.2 Å². The number of hydrogen-bond acceptors (Lipinski definition) is 10. The summed E-state index contributed by atoms with van der Waals surface area (Å²) in [5, 5.41) is 34.0. The van der Waals surface area contributed by atoms with E-state index in [-0.39, 0.29) is 10.6 Å². The van der Waals surface area contributed by atoms with Crippen LogP contribution in [0.4, 0.5) is 21.0 Å². The van der Waals surface area contributed by atoms with Crippen molar-refractivity contribution < 1.29 is 43.8 Å². The first-order valence-electron chi connectivity index (χ1n) is 9.53. The van der Waals surface area contributed by atoms with E-state index in [0.29, 0.717) is 0 Å². The highest BCUT2D eigenvalue weighted by Gasteiger charge is 2.43. The van der Waals surface area contributed by atoms with Crippen LogP contribution in [0.15, 0.2) is 11.2 Å². The van der Waals surface area contributed by atoms with Gasteiger partial charge in [0, 0.05) is 0 Å². The summed E-state index contributed by atoms with van der Waals surface area (Å²) in [6.07, 6.45) is -2.86. The van der Waals surface area contributed by atoms with E-state index in [2.05, 4.69) is 5.16 Å². The molecule has 2 amide bonds.